The summed E-state index contributed by atoms with van der Waals surface area (Å²) in [7, 11) is 0. The largest absolute Gasteiger partial charge is 0.489 e. The Morgan fingerprint density at radius 2 is 1.81 bits per heavy atom. The maximum atomic E-state index is 14.0. The third kappa shape index (κ3) is 5.20. The van der Waals surface area contributed by atoms with Gasteiger partial charge in [-0.15, -0.1) is 0 Å². The molecule has 7 rings (SSSR count). The van der Waals surface area contributed by atoms with E-state index in [9.17, 15) is 14.9 Å². The molecule has 5 aromatic rings. The molecule has 0 amide bonds. The van der Waals surface area contributed by atoms with Gasteiger partial charge in [0.05, 0.1) is 21.2 Å². The topological polar surface area (TPSA) is 86.7 Å². The number of fused-ring (bicyclic) bond motifs is 3. The number of rotatable bonds is 6. The molecule has 1 aliphatic carbocycles. The monoisotopic (exact) mass is 605 g/mol. The fourth-order valence-corrected chi connectivity index (χ4v) is 6.85. The number of halogens is 1. The van der Waals surface area contributed by atoms with Gasteiger partial charge in [-0.1, -0.05) is 83.6 Å². The van der Waals surface area contributed by atoms with Crippen LogP contribution < -0.4 is 19.6 Å². The molecule has 2 heterocycles. The van der Waals surface area contributed by atoms with Crippen molar-refractivity contribution in [2.75, 3.05) is 0 Å². The summed E-state index contributed by atoms with van der Waals surface area (Å²) in [5.74, 6) is 0.679. The van der Waals surface area contributed by atoms with Crippen LogP contribution in [0, 0.1) is 10.1 Å². The van der Waals surface area contributed by atoms with E-state index in [1.54, 1.807) is 16.7 Å². The Bertz CT molecular complexity index is 2110. The Labute approximate surface area is 255 Å². The van der Waals surface area contributed by atoms with Gasteiger partial charge in [0.2, 0.25) is 0 Å². The van der Waals surface area contributed by atoms with Crippen LogP contribution in [0.25, 0.3) is 11.8 Å². The van der Waals surface area contributed by atoms with Crippen molar-refractivity contribution >= 4 is 40.4 Å². The lowest BCUT2D eigenvalue weighted by Gasteiger charge is -2.30. The van der Waals surface area contributed by atoms with Crippen molar-refractivity contribution in [3.63, 3.8) is 0 Å². The second-order valence-corrected chi connectivity index (χ2v) is 11.9. The van der Waals surface area contributed by atoms with Gasteiger partial charge in [0.25, 0.3) is 11.2 Å². The van der Waals surface area contributed by atoms with Crippen molar-refractivity contribution in [1.82, 2.24) is 4.57 Å². The molecule has 1 aromatic heterocycles. The Hall–Kier alpha value is -4.79. The zero-order valence-electron chi connectivity index (χ0n) is 22.8. The fourth-order valence-electron chi connectivity index (χ4n) is 5.72. The van der Waals surface area contributed by atoms with Gasteiger partial charge in [-0.05, 0) is 71.0 Å². The number of ether oxygens (including phenoxy) is 1. The smallest absolute Gasteiger partial charge is 0.271 e. The predicted octanol–water partition coefficient (Wildman–Crippen LogP) is 6.46. The average Bonchev–Trinajstić information content (AvgIpc) is 3.33. The van der Waals surface area contributed by atoms with E-state index in [1.165, 1.54) is 23.0 Å². The second-order valence-electron chi connectivity index (χ2n) is 10.5. The summed E-state index contributed by atoms with van der Waals surface area (Å²) in [6, 6.07) is 29.3. The molecule has 0 bridgehead atoms. The van der Waals surface area contributed by atoms with E-state index in [-0.39, 0.29) is 11.2 Å². The van der Waals surface area contributed by atoms with Crippen LogP contribution in [-0.4, -0.2) is 9.49 Å². The van der Waals surface area contributed by atoms with Crippen LogP contribution in [0.5, 0.6) is 5.75 Å². The fraction of sp³-hybridized carbons (Fsp3) is 0.118. The highest BCUT2D eigenvalue weighted by molar-refractivity contribution is 7.07. The van der Waals surface area contributed by atoms with Gasteiger partial charge < -0.3 is 4.74 Å². The summed E-state index contributed by atoms with van der Waals surface area (Å²) in [5, 5.41) is 12.3. The minimum absolute atomic E-state index is 0.00889. The summed E-state index contributed by atoms with van der Waals surface area (Å²) in [4.78, 5) is 30.9. The zero-order chi connectivity index (χ0) is 29.5. The lowest BCUT2D eigenvalue weighted by Crippen LogP contribution is -2.38. The molecule has 0 N–H and O–H groups in total. The summed E-state index contributed by atoms with van der Waals surface area (Å²) in [6.07, 6.45) is 3.36. The van der Waals surface area contributed by atoms with Crippen molar-refractivity contribution in [1.29, 1.82) is 0 Å². The Morgan fingerprint density at radius 1 is 1.00 bits per heavy atom. The normalized spacial score (nSPS) is 15.7. The number of nitro benzene ring substituents is 1. The van der Waals surface area contributed by atoms with Gasteiger partial charge in [0, 0.05) is 22.7 Å². The molecule has 4 aromatic carbocycles. The molecule has 0 fully saturated rings. The molecular formula is C34H24ClN3O4S. The first-order valence-electron chi connectivity index (χ1n) is 13.8. The molecule has 0 saturated carbocycles. The minimum Gasteiger partial charge on any atom is -0.489 e. The van der Waals surface area contributed by atoms with Gasteiger partial charge in [0.1, 0.15) is 12.4 Å². The molecular weight excluding hydrogens is 582 g/mol. The number of hydrogen-bond acceptors (Lipinski definition) is 6. The molecule has 43 heavy (non-hydrogen) atoms. The number of aromatic nitrogens is 1. The summed E-state index contributed by atoms with van der Waals surface area (Å²) >= 11 is 7.31. The van der Waals surface area contributed by atoms with Crippen LogP contribution in [0.3, 0.4) is 0 Å². The number of hydrogen-bond donors (Lipinski definition) is 0. The summed E-state index contributed by atoms with van der Waals surface area (Å²) in [5.41, 5.74) is 6.42. The first-order chi connectivity index (χ1) is 20.9. The lowest BCUT2D eigenvalue weighted by atomic mass is 9.83. The average molecular weight is 606 g/mol. The molecule has 1 aliphatic heterocycles. The molecule has 0 unspecified atom stereocenters. The number of thiazole rings is 1. The molecule has 0 spiro atoms. The SMILES string of the molecule is O=c1/c(=C/c2cccc(OCc3ccc(Cl)cc3)c2)sc2n1[C@H](c1cccc([N+](=O)[O-])c1)C1=C(N=2)c2ccccc2CC1. The Morgan fingerprint density at radius 3 is 2.65 bits per heavy atom. The summed E-state index contributed by atoms with van der Waals surface area (Å²) < 4.78 is 8.22. The van der Waals surface area contributed by atoms with Gasteiger partial charge in [0.15, 0.2) is 4.80 Å². The summed E-state index contributed by atoms with van der Waals surface area (Å²) in [6.45, 7) is 0.388. The van der Waals surface area contributed by atoms with Gasteiger partial charge in [-0.2, -0.15) is 0 Å². The number of non-ortho nitro benzene ring substituents is 1. The van der Waals surface area contributed by atoms with Crippen LogP contribution in [0.15, 0.2) is 112 Å². The highest BCUT2D eigenvalue weighted by Crippen LogP contribution is 2.41. The second kappa shape index (κ2) is 11.1. The zero-order valence-corrected chi connectivity index (χ0v) is 24.3. The number of nitrogens with zero attached hydrogens (tertiary/aromatic N) is 3. The van der Waals surface area contributed by atoms with Crippen LogP contribution in [-0.2, 0) is 13.0 Å². The van der Waals surface area contributed by atoms with Crippen molar-refractivity contribution in [2.45, 2.75) is 25.5 Å². The molecule has 1 atom stereocenters. The third-order valence-corrected chi connectivity index (χ3v) is 8.98. The number of nitro groups is 1. The van der Waals surface area contributed by atoms with Gasteiger partial charge in [-0.25, -0.2) is 4.99 Å². The number of aryl methyl sites for hydroxylation is 1. The maximum Gasteiger partial charge on any atom is 0.271 e. The maximum absolute atomic E-state index is 14.0. The van der Waals surface area contributed by atoms with Crippen LogP contribution in [0.2, 0.25) is 5.02 Å². The molecule has 0 radical (unpaired) electrons. The molecule has 212 valence electrons. The predicted molar refractivity (Wildman–Crippen MR) is 168 cm³/mol. The van der Waals surface area contributed by atoms with E-state index >= 15 is 0 Å². The first kappa shape index (κ1) is 27.1. The lowest BCUT2D eigenvalue weighted by molar-refractivity contribution is -0.384. The van der Waals surface area contributed by atoms with E-state index in [4.69, 9.17) is 21.3 Å². The van der Waals surface area contributed by atoms with E-state index in [2.05, 4.69) is 12.1 Å². The highest BCUT2D eigenvalue weighted by Gasteiger charge is 2.33. The van der Waals surface area contributed by atoms with Crippen molar-refractivity contribution < 1.29 is 9.66 Å². The van der Waals surface area contributed by atoms with Crippen molar-refractivity contribution in [3.05, 3.63) is 165 Å². The highest BCUT2D eigenvalue weighted by atomic mass is 35.5. The van der Waals surface area contributed by atoms with Gasteiger partial charge in [-0.3, -0.25) is 19.5 Å². The minimum atomic E-state index is -0.490. The van der Waals surface area contributed by atoms with Crippen LogP contribution in [0.4, 0.5) is 5.69 Å². The standard InChI is InChI=1S/C34H24ClN3O4S/c35-25-14-11-21(12-15-25)20-42-27-9-3-5-22(17-27)18-30-33(39)37-32(24-7-4-8-26(19-24)38(40)41)29-16-13-23-6-1-2-10-28(23)31(29)36-34(37)43-30/h1-12,14-15,17-19,32H,13,16,20H2/b30-18-/t32-/m1/s1. The third-order valence-electron chi connectivity index (χ3n) is 7.74. The molecule has 7 nitrogen and oxygen atoms in total. The molecule has 9 heteroatoms. The molecule has 0 saturated heterocycles. The van der Waals surface area contributed by atoms with Crippen LogP contribution in [0.1, 0.15) is 40.3 Å². The van der Waals surface area contributed by atoms with Crippen LogP contribution >= 0.6 is 22.9 Å². The van der Waals surface area contributed by atoms with E-state index in [0.29, 0.717) is 38.7 Å². The van der Waals surface area contributed by atoms with Crippen molar-refractivity contribution in [2.24, 2.45) is 4.99 Å². The van der Waals surface area contributed by atoms with Crippen molar-refractivity contribution in [3.8, 4) is 5.75 Å². The van der Waals surface area contributed by atoms with Gasteiger partial charge >= 0.3 is 0 Å². The number of benzene rings is 4. The molecule has 2 aliphatic rings. The Kier molecular flexibility index (Phi) is 7.01. The quantitative estimate of drug-likeness (QED) is 0.164. The van der Waals surface area contributed by atoms with E-state index in [0.717, 1.165) is 34.4 Å². The first-order valence-corrected chi connectivity index (χ1v) is 15.0. The number of allylic oxidation sites excluding steroid dienone is 1. The van der Waals surface area contributed by atoms with E-state index < -0.39 is 11.0 Å². The Balaban J connectivity index is 1.32. The van der Waals surface area contributed by atoms with E-state index in [1.807, 2.05) is 72.8 Å².